The molecule has 10 nitrogen and oxygen atoms in total. The van der Waals surface area contributed by atoms with Crippen molar-refractivity contribution in [3.63, 3.8) is 0 Å². The molecule has 10 heteroatoms. The second-order valence-electron chi connectivity index (χ2n) is 7.39. The monoisotopic (exact) mass is 440 g/mol. The first kappa shape index (κ1) is 22.7. The lowest BCUT2D eigenvalue weighted by atomic mass is 10.1. The summed E-state index contributed by atoms with van der Waals surface area (Å²) in [7, 11) is 0. The van der Waals surface area contributed by atoms with Crippen LogP contribution in [-0.4, -0.2) is 54.4 Å². The molecule has 0 saturated carbocycles. The van der Waals surface area contributed by atoms with Gasteiger partial charge < -0.3 is 41.9 Å². The van der Waals surface area contributed by atoms with E-state index in [-0.39, 0.29) is 24.3 Å². The van der Waals surface area contributed by atoms with Crippen molar-refractivity contribution in [2.24, 2.45) is 11.5 Å². The smallest absolute Gasteiger partial charge is 0.320 e. The highest BCUT2D eigenvalue weighted by atomic mass is 16.4. The van der Waals surface area contributed by atoms with Crippen molar-refractivity contribution in [2.45, 2.75) is 24.9 Å². The Hall–Kier alpha value is -4.02. The second kappa shape index (κ2) is 9.41. The summed E-state index contributed by atoms with van der Waals surface area (Å²) in [5, 5.41) is 37.8. The van der Waals surface area contributed by atoms with Gasteiger partial charge in [0.05, 0.1) is 0 Å². The van der Waals surface area contributed by atoms with Crippen LogP contribution >= 0.6 is 0 Å². The summed E-state index contributed by atoms with van der Waals surface area (Å²) in [5.41, 5.74) is 14.2. The molecular formula is C22H24N4O6. The first-order valence-electron chi connectivity index (χ1n) is 9.70. The Morgan fingerprint density at radius 3 is 1.47 bits per heavy atom. The maximum absolute atomic E-state index is 10.6. The Labute approximate surface area is 182 Å². The maximum Gasteiger partial charge on any atom is 0.320 e. The number of carbonyl (C=O) groups is 2. The molecule has 0 amide bonds. The molecule has 32 heavy (non-hydrogen) atoms. The normalized spacial score (nSPS) is 12.8. The molecule has 2 aromatic heterocycles. The highest BCUT2D eigenvalue weighted by Crippen LogP contribution is 2.24. The van der Waals surface area contributed by atoms with Crippen molar-refractivity contribution in [1.29, 1.82) is 0 Å². The number of hydrogen-bond donors (Lipinski definition) is 8. The van der Waals surface area contributed by atoms with Crippen molar-refractivity contribution >= 4 is 33.7 Å². The van der Waals surface area contributed by atoms with Gasteiger partial charge in [-0.25, -0.2) is 0 Å². The fourth-order valence-corrected chi connectivity index (χ4v) is 3.32. The topological polar surface area (TPSA) is 199 Å². The van der Waals surface area contributed by atoms with Crippen LogP contribution in [0.1, 0.15) is 11.1 Å². The number of aromatic amines is 2. The van der Waals surface area contributed by atoms with Gasteiger partial charge in [-0.1, -0.05) is 0 Å². The summed E-state index contributed by atoms with van der Waals surface area (Å²) in [4.78, 5) is 27.3. The van der Waals surface area contributed by atoms with Crippen LogP contribution in [-0.2, 0) is 22.4 Å². The molecule has 0 saturated heterocycles. The number of fused-ring (bicyclic) bond motifs is 2. The van der Waals surface area contributed by atoms with Gasteiger partial charge in [0.1, 0.15) is 23.6 Å². The van der Waals surface area contributed by atoms with Crippen molar-refractivity contribution in [1.82, 2.24) is 9.97 Å². The highest BCUT2D eigenvalue weighted by molar-refractivity contribution is 5.86. The maximum atomic E-state index is 10.6. The number of rotatable bonds is 6. The van der Waals surface area contributed by atoms with Gasteiger partial charge in [0.2, 0.25) is 0 Å². The largest absolute Gasteiger partial charge is 0.508 e. The van der Waals surface area contributed by atoms with Crippen LogP contribution in [0, 0.1) is 0 Å². The van der Waals surface area contributed by atoms with E-state index in [2.05, 4.69) is 9.97 Å². The van der Waals surface area contributed by atoms with E-state index in [9.17, 15) is 19.8 Å². The average molecular weight is 440 g/mol. The van der Waals surface area contributed by atoms with Crippen molar-refractivity contribution < 1.29 is 30.0 Å². The van der Waals surface area contributed by atoms with Gasteiger partial charge in [0.25, 0.3) is 0 Å². The number of aliphatic carboxylic acids is 2. The van der Waals surface area contributed by atoms with E-state index in [0.717, 1.165) is 32.9 Å². The van der Waals surface area contributed by atoms with Gasteiger partial charge >= 0.3 is 11.9 Å². The number of benzene rings is 2. The molecule has 0 aliphatic heterocycles. The van der Waals surface area contributed by atoms with E-state index in [1.54, 1.807) is 48.8 Å². The Bertz CT molecular complexity index is 1160. The molecule has 0 bridgehead atoms. The quantitative estimate of drug-likeness (QED) is 0.221. The average Bonchev–Trinajstić information content (AvgIpc) is 3.32. The van der Waals surface area contributed by atoms with E-state index in [4.69, 9.17) is 21.7 Å². The minimum absolute atomic E-state index is 0.150. The third kappa shape index (κ3) is 5.17. The van der Waals surface area contributed by atoms with Gasteiger partial charge in [0.15, 0.2) is 0 Å². The van der Waals surface area contributed by atoms with Gasteiger partial charge in [0, 0.05) is 47.0 Å². The zero-order valence-electron chi connectivity index (χ0n) is 16.9. The molecule has 10 N–H and O–H groups in total. The molecule has 0 spiro atoms. The molecule has 0 aliphatic carbocycles. The number of phenolic OH excluding ortho intramolecular Hbond substituents is 2. The van der Waals surface area contributed by atoms with Gasteiger partial charge in [-0.05, 0) is 47.5 Å². The number of aromatic nitrogens is 2. The molecule has 2 aromatic carbocycles. The number of nitrogens with two attached hydrogens (primary N) is 2. The van der Waals surface area contributed by atoms with Gasteiger partial charge in [-0.2, -0.15) is 0 Å². The minimum atomic E-state index is -1.03. The summed E-state index contributed by atoms with van der Waals surface area (Å²) >= 11 is 0. The molecule has 2 unspecified atom stereocenters. The van der Waals surface area contributed by atoms with Crippen LogP contribution in [0.3, 0.4) is 0 Å². The van der Waals surface area contributed by atoms with Crippen LogP contribution in [0.4, 0.5) is 0 Å². The van der Waals surface area contributed by atoms with Gasteiger partial charge in [-0.3, -0.25) is 9.59 Å². The summed E-state index contributed by atoms with van der Waals surface area (Å²) in [5.74, 6) is -1.77. The van der Waals surface area contributed by atoms with Crippen molar-refractivity contribution in [2.75, 3.05) is 0 Å². The lowest BCUT2D eigenvalue weighted by Gasteiger charge is -2.04. The molecule has 4 rings (SSSR count). The van der Waals surface area contributed by atoms with Crippen LogP contribution in [0.25, 0.3) is 21.8 Å². The lowest BCUT2D eigenvalue weighted by molar-refractivity contribution is -0.139. The first-order valence-corrected chi connectivity index (χ1v) is 9.70. The molecule has 2 atom stereocenters. The second-order valence-corrected chi connectivity index (χ2v) is 7.39. The van der Waals surface area contributed by atoms with E-state index in [1.165, 1.54) is 0 Å². The Kier molecular flexibility index (Phi) is 6.67. The molecule has 2 heterocycles. The summed E-state index contributed by atoms with van der Waals surface area (Å²) < 4.78 is 0. The fraction of sp³-hybridized carbons (Fsp3) is 0.182. The third-order valence-corrected chi connectivity index (χ3v) is 5.02. The number of carboxylic acid groups (broad SMARTS) is 2. The summed E-state index contributed by atoms with van der Waals surface area (Å²) in [6.45, 7) is 0. The third-order valence-electron chi connectivity index (χ3n) is 5.02. The molecular weight excluding hydrogens is 416 g/mol. The number of H-pyrrole nitrogens is 2. The van der Waals surface area contributed by atoms with Gasteiger partial charge in [-0.15, -0.1) is 0 Å². The zero-order valence-corrected chi connectivity index (χ0v) is 16.9. The number of carboxylic acids is 2. The minimum Gasteiger partial charge on any atom is -0.508 e. The SMILES string of the molecule is NC(Cc1c[nH]c2ccc(O)cc12)C(=O)O.NC(Cc1c[nH]c2ccc(O)cc12)C(=O)O. The summed E-state index contributed by atoms with van der Waals surface area (Å²) in [6.07, 6.45) is 3.90. The van der Waals surface area contributed by atoms with Crippen LogP contribution in [0.15, 0.2) is 48.8 Å². The summed E-state index contributed by atoms with van der Waals surface area (Å²) in [6, 6.07) is 7.94. The van der Waals surface area contributed by atoms with Crippen molar-refractivity contribution in [3.8, 4) is 11.5 Å². The Balaban J connectivity index is 0.000000181. The Morgan fingerprint density at radius 2 is 1.12 bits per heavy atom. The van der Waals surface area contributed by atoms with Crippen LogP contribution in [0.2, 0.25) is 0 Å². The highest BCUT2D eigenvalue weighted by Gasteiger charge is 2.16. The van der Waals surface area contributed by atoms with Crippen molar-refractivity contribution in [3.05, 3.63) is 59.9 Å². The van der Waals surface area contributed by atoms with E-state index in [1.807, 2.05) is 0 Å². The van der Waals surface area contributed by atoms with E-state index < -0.39 is 24.0 Å². The standard InChI is InChI=1S/2C11H12N2O3/c2*12-9(11(15)16)3-6-5-13-10-2-1-7(14)4-8(6)10/h2*1-2,4-5,9,13-14H,3,12H2,(H,15,16). The zero-order chi connectivity index (χ0) is 23.4. The van der Waals surface area contributed by atoms with E-state index in [0.29, 0.717) is 0 Å². The molecule has 0 aliphatic rings. The molecule has 0 radical (unpaired) electrons. The number of aromatic hydroxyl groups is 2. The number of phenols is 2. The predicted molar refractivity (Wildman–Crippen MR) is 119 cm³/mol. The fourth-order valence-electron chi connectivity index (χ4n) is 3.32. The van der Waals surface area contributed by atoms with E-state index >= 15 is 0 Å². The number of hydrogen-bond acceptors (Lipinski definition) is 6. The van der Waals surface area contributed by atoms with Crippen LogP contribution in [0.5, 0.6) is 11.5 Å². The Morgan fingerprint density at radius 1 is 0.750 bits per heavy atom. The predicted octanol–water partition coefficient (Wildman–Crippen LogP) is 1.66. The molecule has 4 aromatic rings. The number of nitrogens with one attached hydrogen (secondary N) is 2. The van der Waals surface area contributed by atoms with Crippen LogP contribution < -0.4 is 11.5 Å². The molecule has 0 fully saturated rings. The first-order chi connectivity index (χ1) is 15.2. The molecule has 168 valence electrons. The lowest BCUT2D eigenvalue weighted by Crippen LogP contribution is -2.32.